The zero-order valence-electron chi connectivity index (χ0n) is 16.8. The van der Waals surface area contributed by atoms with Gasteiger partial charge < -0.3 is 19.4 Å². The van der Waals surface area contributed by atoms with Crippen LogP contribution in [0.2, 0.25) is 0 Å². The predicted molar refractivity (Wildman–Crippen MR) is 106 cm³/mol. The molecule has 3 aromatic rings. The Morgan fingerprint density at radius 2 is 1.60 bits per heavy atom. The van der Waals surface area contributed by atoms with Crippen LogP contribution >= 0.6 is 0 Å². The lowest BCUT2D eigenvalue weighted by Gasteiger charge is -2.17. The maximum absolute atomic E-state index is 13.6. The van der Waals surface area contributed by atoms with Crippen molar-refractivity contribution >= 4 is 11.6 Å². The molecule has 9 heteroatoms. The van der Waals surface area contributed by atoms with Gasteiger partial charge in [-0.05, 0) is 42.7 Å². The summed E-state index contributed by atoms with van der Waals surface area (Å²) in [5, 5.41) is 3.05. The highest BCUT2D eigenvalue weighted by Crippen LogP contribution is 2.28. The minimum absolute atomic E-state index is 0.0539. The van der Waals surface area contributed by atoms with Gasteiger partial charge in [0.25, 0.3) is 0 Å². The van der Waals surface area contributed by atoms with Crippen LogP contribution in [0.1, 0.15) is 16.7 Å². The Kier molecular flexibility index (Phi) is 6.00. The number of halogens is 3. The Morgan fingerprint density at radius 1 is 0.967 bits per heavy atom. The molecule has 0 bridgehead atoms. The lowest BCUT2D eigenvalue weighted by Crippen LogP contribution is -2.19. The average molecular weight is 419 g/mol. The van der Waals surface area contributed by atoms with Gasteiger partial charge in [-0.25, -0.2) is 13.2 Å². The van der Waals surface area contributed by atoms with Gasteiger partial charge in [-0.1, -0.05) is 6.07 Å². The zero-order valence-corrected chi connectivity index (χ0v) is 16.8. The number of rotatable bonds is 6. The van der Waals surface area contributed by atoms with Gasteiger partial charge in [0.05, 0.1) is 27.0 Å². The van der Waals surface area contributed by atoms with E-state index in [1.54, 1.807) is 13.2 Å². The first kappa shape index (κ1) is 21.2. The van der Waals surface area contributed by atoms with Gasteiger partial charge in [0.15, 0.2) is 17.5 Å². The van der Waals surface area contributed by atoms with Crippen molar-refractivity contribution < 1.29 is 22.6 Å². The van der Waals surface area contributed by atoms with Gasteiger partial charge in [-0.3, -0.25) is 4.79 Å². The number of aromatic nitrogens is 2. The first-order chi connectivity index (χ1) is 14.2. The van der Waals surface area contributed by atoms with Crippen LogP contribution in [0.25, 0.3) is 0 Å². The number of aryl methyl sites for hydroxylation is 2. The number of methoxy groups -OCH3 is 2. The molecule has 158 valence electrons. The van der Waals surface area contributed by atoms with Gasteiger partial charge in [0.1, 0.15) is 5.75 Å². The second-order valence-electron chi connectivity index (χ2n) is 6.70. The monoisotopic (exact) mass is 419 g/mol. The lowest BCUT2D eigenvalue weighted by molar-refractivity contribution is 0.402. The van der Waals surface area contributed by atoms with Crippen LogP contribution in [-0.2, 0) is 6.54 Å². The number of benzene rings is 2. The van der Waals surface area contributed by atoms with Crippen molar-refractivity contribution in [2.24, 2.45) is 0 Å². The minimum Gasteiger partial charge on any atom is -0.496 e. The fourth-order valence-electron chi connectivity index (χ4n) is 3.04. The van der Waals surface area contributed by atoms with Crippen molar-refractivity contribution in [1.29, 1.82) is 0 Å². The summed E-state index contributed by atoms with van der Waals surface area (Å²) in [5.41, 5.74) is 1.94. The fraction of sp³-hybridized carbons (Fsp3) is 0.238. The van der Waals surface area contributed by atoms with Gasteiger partial charge in [-0.2, -0.15) is 4.98 Å². The molecule has 0 atom stereocenters. The van der Waals surface area contributed by atoms with Crippen LogP contribution in [0.3, 0.4) is 0 Å². The highest BCUT2D eigenvalue weighted by Gasteiger charge is 2.15. The van der Waals surface area contributed by atoms with E-state index in [-0.39, 0.29) is 23.8 Å². The Hall–Kier alpha value is -3.49. The van der Waals surface area contributed by atoms with Crippen molar-refractivity contribution in [3.63, 3.8) is 0 Å². The van der Waals surface area contributed by atoms with Crippen molar-refractivity contribution in [3.05, 3.63) is 75.0 Å². The number of anilines is 2. The standard InChI is InChI=1S/C21H20F3N3O3/c1-11-5-12(2)17(29-3)8-16(11)25-21-26-20(28)18(30-4)10-27(21)9-13-6-14(22)19(24)15(23)7-13/h5-8,10H,9H2,1-4H3,(H,25,26,28). The maximum atomic E-state index is 13.6. The summed E-state index contributed by atoms with van der Waals surface area (Å²) in [7, 11) is 2.85. The van der Waals surface area contributed by atoms with E-state index in [0.29, 0.717) is 11.4 Å². The quantitative estimate of drug-likeness (QED) is 0.610. The third-order valence-electron chi connectivity index (χ3n) is 4.57. The number of hydrogen-bond acceptors (Lipinski definition) is 5. The molecular weight excluding hydrogens is 399 g/mol. The normalized spacial score (nSPS) is 10.8. The summed E-state index contributed by atoms with van der Waals surface area (Å²) >= 11 is 0. The van der Waals surface area contributed by atoms with Crippen LogP contribution in [-0.4, -0.2) is 23.8 Å². The number of nitrogens with zero attached hydrogens (tertiary/aromatic N) is 2. The number of ether oxygens (including phenoxy) is 2. The van der Waals surface area contributed by atoms with Crippen LogP contribution in [0.15, 0.2) is 35.3 Å². The Balaban J connectivity index is 2.07. The largest absolute Gasteiger partial charge is 0.496 e. The first-order valence-electron chi connectivity index (χ1n) is 8.94. The summed E-state index contributed by atoms with van der Waals surface area (Å²) in [4.78, 5) is 16.2. The Morgan fingerprint density at radius 3 is 2.20 bits per heavy atom. The molecule has 0 spiro atoms. The van der Waals surface area contributed by atoms with Crippen molar-refractivity contribution in [2.75, 3.05) is 19.5 Å². The van der Waals surface area contributed by atoms with E-state index in [1.807, 2.05) is 19.9 Å². The molecule has 0 aliphatic rings. The first-order valence-corrected chi connectivity index (χ1v) is 8.94. The molecule has 0 radical (unpaired) electrons. The van der Waals surface area contributed by atoms with Crippen molar-refractivity contribution in [2.45, 2.75) is 20.4 Å². The third-order valence-corrected chi connectivity index (χ3v) is 4.57. The van der Waals surface area contributed by atoms with E-state index < -0.39 is 23.0 Å². The van der Waals surface area contributed by atoms with Gasteiger partial charge >= 0.3 is 5.56 Å². The number of nitrogens with one attached hydrogen (secondary N) is 1. The molecular formula is C21H20F3N3O3. The molecule has 0 unspecified atom stereocenters. The highest BCUT2D eigenvalue weighted by atomic mass is 19.2. The topological polar surface area (TPSA) is 65.4 Å². The summed E-state index contributed by atoms with van der Waals surface area (Å²) in [6.45, 7) is 3.67. The Bertz CT molecular complexity index is 1140. The van der Waals surface area contributed by atoms with E-state index in [0.717, 1.165) is 23.3 Å². The summed E-state index contributed by atoms with van der Waals surface area (Å²) in [5.74, 6) is -3.47. The fourth-order valence-corrected chi connectivity index (χ4v) is 3.04. The smallest absolute Gasteiger partial charge is 0.316 e. The minimum atomic E-state index is -1.55. The third kappa shape index (κ3) is 4.24. The summed E-state index contributed by atoms with van der Waals surface area (Å²) in [6.07, 6.45) is 1.36. The van der Waals surface area contributed by atoms with Crippen molar-refractivity contribution in [1.82, 2.24) is 9.55 Å². The second kappa shape index (κ2) is 8.48. The molecule has 0 aliphatic carbocycles. The molecule has 0 saturated heterocycles. The second-order valence-corrected chi connectivity index (χ2v) is 6.70. The van der Waals surface area contributed by atoms with E-state index in [1.165, 1.54) is 17.9 Å². The van der Waals surface area contributed by atoms with Crippen LogP contribution < -0.4 is 20.3 Å². The predicted octanol–water partition coefficient (Wildman–Crippen LogP) is 4.09. The van der Waals surface area contributed by atoms with Crippen LogP contribution in [0, 0.1) is 31.3 Å². The molecule has 0 aliphatic heterocycles. The van der Waals surface area contributed by atoms with Crippen LogP contribution in [0.5, 0.6) is 11.5 Å². The van der Waals surface area contributed by atoms with Gasteiger partial charge in [0.2, 0.25) is 11.7 Å². The van der Waals surface area contributed by atoms with Crippen LogP contribution in [0.4, 0.5) is 24.8 Å². The number of hydrogen-bond donors (Lipinski definition) is 1. The molecule has 1 aromatic heterocycles. The van der Waals surface area contributed by atoms with Gasteiger partial charge in [0, 0.05) is 11.8 Å². The summed E-state index contributed by atoms with van der Waals surface area (Å²) in [6, 6.07) is 5.42. The molecule has 1 N–H and O–H groups in total. The zero-order chi connectivity index (χ0) is 22.0. The average Bonchev–Trinajstić information content (AvgIpc) is 2.69. The van der Waals surface area contributed by atoms with E-state index in [4.69, 9.17) is 9.47 Å². The molecule has 2 aromatic carbocycles. The van der Waals surface area contributed by atoms with E-state index in [2.05, 4.69) is 10.3 Å². The Labute approximate surface area is 170 Å². The molecule has 0 amide bonds. The molecule has 3 rings (SSSR count). The molecule has 30 heavy (non-hydrogen) atoms. The highest BCUT2D eigenvalue weighted by molar-refractivity contribution is 5.63. The van der Waals surface area contributed by atoms with Gasteiger partial charge in [-0.15, -0.1) is 0 Å². The maximum Gasteiger partial charge on any atom is 0.316 e. The molecule has 1 heterocycles. The molecule has 0 saturated carbocycles. The van der Waals surface area contributed by atoms with Crippen molar-refractivity contribution in [3.8, 4) is 11.5 Å². The van der Waals surface area contributed by atoms with E-state index in [9.17, 15) is 18.0 Å². The van der Waals surface area contributed by atoms with E-state index >= 15 is 0 Å². The molecule has 0 fully saturated rings. The SMILES string of the molecule is COc1cc(Nc2nc(=O)c(OC)cn2Cc2cc(F)c(F)c(F)c2)c(C)cc1C. The lowest BCUT2D eigenvalue weighted by atomic mass is 10.1. The molecule has 6 nitrogen and oxygen atoms in total. The summed E-state index contributed by atoms with van der Waals surface area (Å²) < 4.78 is 52.3.